The normalized spacial score (nSPS) is 15.2. The van der Waals surface area contributed by atoms with Crippen molar-refractivity contribution in [3.8, 4) is 0 Å². The Morgan fingerprint density at radius 2 is 1.75 bits per heavy atom. The van der Waals surface area contributed by atoms with Crippen molar-refractivity contribution in [3.63, 3.8) is 0 Å². The number of hydrogen-bond acceptors (Lipinski definition) is 2. The summed E-state index contributed by atoms with van der Waals surface area (Å²) in [7, 11) is 0. The first-order valence-electron chi connectivity index (χ1n) is 6.36. The molecule has 2 N–H and O–H groups in total. The number of rotatable bonds is 10. The molecule has 0 spiro atoms. The Bertz CT molecular complexity index is 187. The van der Waals surface area contributed by atoms with Gasteiger partial charge in [-0.25, -0.2) is 0 Å². The average Bonchev–Trinajstić information content (AvgIpc) is 2.28. The quantitative estimate of drug-likeness (QED) is 0.443. The molecule has 2 unspecified atom stereocenters. The number of unbranched alkanes of at least 4 members (excludes halogenated alkanes) is 4. The van der Waals surface area contributed by atoms with Crippen LogP contribution in [0.3, 0.4) is 0 Å². The van der Waals surface area contributed by atoms with Gasteiger partial charge in [-0.15, -0.1) is 0 Å². The summed E-state index contributed by atoms with van der Waals surface area (Å²) in [5.41, 5.74) is 0. The molecular weight excluding hydrogens is 200 g/mol. The molecule has 94 valence electrons. The highest BCUT2D eigenvalue weighted by Gasteiger charge is 2.13. The first-order chi connectivity index (χ1) is 7.72. The molecule has 0 aliphatic heterocycles. The maximum absolute atomic E-state index is 9.66. The third-order valence-electron chi connectivity index (χ3n) is 2.70. The number of allylic oxidation sites excluding steroid dienone is 2. The lowest BCUT2D eigenvalue weighted by Gasteiger charge is -2.15. The Morgan fingerprint density at radius 3 is 2.38 bits per heavy atom. The second-order valence-electron chi connectivity index (χ2n) is 4.24. The molecule has 0 heterocycles. The molecule has 0 aromatic rings. The lowest BCUT2D eigenvalue weighted by molar-refractivity contribution is 0.0153. The molecule has 0 amide bonds. The van der Waals surface area contributed by atoms with E-state index < -0.39 is 12.2 Å². The standard InChI is InChI=1S/C14H26O2/c1-3-5-7-8-10-12-14(16)13(15)11-9-6-4-2/h4,6,9,13-16H,2-3,5,7-8,10-12H2,1H3. The Morgan fingerprint density at radius 1 is 1.06 bits per heavy atom. The van der Waals surface area contributed by atoms with Crippen LogP contribution in [0.1, 0.15) is 51.9 Å². The largest absolute Gasteiger partial charge is 0.390 e. The van der Waals surface area contributed by atoms with E-state index >= 15 is 0 Å². The molecule has 0 aliphatic rings. The predicted molar refractivity (Wildman–Crippen MR) is 69.3 cm³/mol. The maximum atomic E-state index is 9.66. The van der Waals surface area contributed by atoms with Gasteiger partial charge in [0.2, 0.25) is 0 Å². The van der Waals surface area contributed by atoms with Crippen molar-refractivity contribution in [1.82, 2.24) is 0 Å². The van der Waals surface area contributed by atoms with Crippen molar-refractivity contribution in [2.75, 3.05) is 0 Å². The van der Waals surface area contributed by atoms with Gasteiger partial charge in [0.05, 0.1) is 12.2 Å². The topological polar surface area (TPSA) is 40.5 Å². The Hall–Kier alpha value is -0.600. The van der Waals surface area contributed by atoms with Gasteiger partial charge in [-0.2, -0.15) is 0 Å². The fraction of sp³-hybridized carbons (Fsp3) is 0.714. The van der Waals surface area contributed by atoms with Gasteiger partial charge in [-0.1, -0.05) is 63.8 Å². The molecule has 0 aromatic heterocycles. The maximum Gasteiger partial charge on any atom is 0.0833 e. The summed E-state index contributed by atoms with van der Waals surface area (Å²) < 4.78 is 0. The van der Waals surface area contributed by atoms with Crippen LogP contribution in [0.5, 0.6) is 0 Å². The van der Waals surface area contributed by atoms with E-state index in [0.29, 0.717) is 12.8 Å². The van der Waals surface area contributed by atoms with E-state index in [1.165, 1.54) is 19.3 Å². The fourth-order valence-corrected chi connectivity index (χ4v) is 1.62. The first-order valence-corrected chi connectivity index (χ1v) is 6.36. The summed E-state index contributed by atoms with van der Waals surface area (Å²) >= 11 is 0. The molecule has 0 fully saturated rings. The van der Waals surface area contributed by atoms with E-state index in [1.807, 2.05) is 6.08 Å². The number of hydrogen-bond donors (Lipinski definition) is 2. The van der Waals surface area contributed by atoms with Gasteiger partial charge in [0.25, 0.3) is 0 Å². The van der Waals surface area contributed by atoms with Crippen molar-refractivity contribution in [1.29, 1.82) is 0 Å². The average molecular weight is 226 g/mol. The van der Waals surface area contributed by atoms with Crippen LogP contribution in [0.4, 0.5) is 0 Å². The van der Waals surface area contributed by atoms with E-state index in [-0.39, 0.29) is 0 Å². The molecule has 16 heavy (non-hydrogen) atoms. The third kappa shape index (κ3) is 8.69. The fourth-order valence-electron chi connectivity index (χ4n) is 1.62. The minimum atomic E-state index is -0.637. The summed E-state index contributed by atoms with van der Waals surface area (Å²) in [5, 5.41) is 19.3. The monoisotopic (exact) mass is 226 g/mol. The van der Waals surface area contributed by atoms with E-state index in [0.717, 1.165) is 12.8 Å². The molecule has 0 saturated carbocycles. The minimum Gasteiger partial charge on any atom is -0.390 e. The molecule has 0 saturated heterocycles. The molecule has 0 rings (SSSR count). The number of aliphatic hydroxyl groups is 2. The van der Waals surface area contributed by atoms with Gasteiger partial charge in [-0.05, 0) is 12.8 Å². The van der Waals surface area contributed by atoms with Crippen LogP contribution in [0.15, 0.2) is 24.8 Å². The Balaban J connectivity index is 3.50. The minimum absolute atomic E-state index is 0.502. The van der Waals surface area contributed by atoms with Gasteiger partial charge in [0.15, 0.2) is 0 Å². The third-order valence-corrected chi connectivity index (χ3v) is 2.70. The first kappa shape index (κ1) is 15.4. The second kappa shape index (κ2) is 10.9. The zero-order valence-corrected chi connectivity index (χ0v) is 10.4. The van der Waals surface area contributed by atoms with Crippen molar-refractivity contribution < 1.29 is 10.2 Å². The van der Waals surface area contributed by atoms with Crippen LogP contribution in [0.2, 0.25) is 0 Å². The molecule has 0 aromatic carbocycles. The Labute approximate surface area is 99.7 Å². The molecule has 2 heteroatoms. The lowest BCUT2D eigenvalue weighted by Crippen LogP contribution is -2.25. The zero-order chi connectivity index (χ0) is 12.2. The SMILES string of the molecule is C=CC=CCC(O)C(O)CCCCCCC. The Kier molecular flexibility index (Phi) is 10.5. The second-order valence-corrected chi connectivity index (χ2v) is 4.24. The van der Waals surface area contributed by atoms with Crippen LogP contribution in [-0.4, -0.2) is 22.4 Å². The summed E-state index contributed by atoms with van der Waals surface area (Å²) in [6.45, 7) is 5.73. The van der Waals surface area contributed by atoms with Crippen LogP contribution in [-0.2, 0) is 0 Å². The summed E-state index contributed by atoms with van der Waals surface area (Å²) in [6, 6.07) is 0. The van der Waals surface area contributed by atoms with E-state index in [2.05, 4.69) is 13.5 Å². The molecule has 2 nitrogen and oxygen atoms in total. The van der Waals surface area contributed by atoms with E-state index in [9.17, 15) is 10.2 Å². The van der Waals surface area contributed by atoms with Crippen LogP contribution < -0.4 is 0 Å². The van der Waals surface area contributed by atoms with Crippen molar-refractivity contribution >= 4 is 0 Å². The van der Waals surface area contributed by atoms with E-state index in [1.54, 1.807) is 12.2 Å². The van der Waals surface area contributed by atoms with Crippen LogP contribution in [0.25, 0.3) is 0 Å². The predicted octanol–water partition coefficient (Wildman–Crippen LogP) is 3.20. The van der Waals surface area contributed by atoms with Crippen molar-refractivity contribution in [2.45, 2.75) is 64.1 Å². The number of aliphatic hydroxyl groups excluding tert-OH is 2. The van der Waals surface area contributed by atoms with Crippen LogP contribution in [0, 0.1) is 0 Å². The molecule has 2 atom stereocenters. The zero-order valence-electron chi connectivity index (χ0n) is 10.4. The molecule has 0 bridgehead atoms. The molecular formula is C14H26O2. The molecule has 0 aliphatic carbocycles. The van der Waals surface area contributed by atoms with Crippen molar-refractivity contribution in [2.24, 2.45) is 0 Å². The highest BCUT2D eigenvalue weighted by atomic mass is 16.3. The van der Waals surface area contributed by atoms with Gasteiger partial charge in [-0.3, -0.25) is 0 Å². The summed E-state index contributed by atoms with van der Waals surface area (Å²) in [4.78, 5) is 0. The highest BCUT2D eigenvalue weighted by molar-refractivity contribution is 4.98. The van der Waals surface area contributed by atoms with Gasteiger partial charge < -0.3 is 10.2 Å². The van der Waals surface area contributed by atoms with Crippen molar-refractivity contribution in [3.05, 3.63) is 24.8 Å². The van der Waals surface area contributed by atoms with Gasteiger partial charge >= 0.3 is 0 Å². The van der Waals surface area contributed by atoms with E-state index in [4.69, 9.17) is 0 Å². The smallest absolute Gasteiger partial charge is 0.0833 e. The highest BCUT2D eigenvalue weighted by Crippen LogP contribution is 2.11. The van der Waals surface area contributed by atoms with Gasteiger partial charge in [0.1, 0.15) is 0 Å². The summed E-state index contributed by atoms with van der Waals surface area (Å²) in [5.74, 6) is 0. The summed E-state index contributed by atoms with van der Waals surface area (Å²) in [6.07, 6.45) is 11.2. The van der Waals surface area contributed by atoms with Crippen LogP contribution >= 0.6 is 0 Å². The van der Waals surface area contributed by atoms with Gasteiger partial charge in [0, 0.05) is 0 Å². The molecule has 0 radical (unpaired) electrons. The lowest BCUT2D eigenvalue weighted by atomic mass is 10.0.